The molecule has 0 bridgehead atoms. The average molecular weight is 406 g/mol. The summed E-state index contributed by atoms with van der Waals surface area (Å²) in [6.45, 7) is 3.65. The van der Waals surface area contributed by atoms with Gasteiger partial charge in [-0.15, -0.1) is 0 Å². The molecule has 1 aromatic rings. The zero-order chi connectivity index (χ0) is 16.0. The number of hydrogen-bond donors (Lipinski definition) is 0. The van der Waals surface area contributed by atoms with Crippen molar-refractivity contribution >= 4 is 40.5 Å². The van der Waals surface area contributed by atoms with Gasteiger partial charge in [-0.1, -0.05) is 28.7 Å². The van der Waals surface area contributed by atoms with Crippen LogP contribution in [0.2, 0.25) is 0 Å². The third-order valence-corrected chi connectivity index (χ3v) is 3.16. The minimum atomic E-state index is -1.25. The third-order valence-electron chi connectivity index (χ3n) is 2.28. The van der Waals surface area contributed by atoms with Crippen molar-refractivity contribution in [2.24, 2.45) is 0 Å². The first-order valence-corrected chi connectivity index (χ1v) is 7.57. The van der Waals surface area contributed by atoms with E-state index in [1.807, 2.05) is 0 Å². The van der Waals surface area contributed by atoms with Crippen LogP contribution in [0.3, 0.4) is 0 Å². The molecule has 0 amide bonds. The van der Waals surface area contributed by atoms with Gasteiger partial charge in [-0.25, -0.2) is 0 Å². The third kappa shape index (κ3) is 5.70. The van der Waals surface area contributed by atoms with Gasteiger partial charge in [0.15, 0.2) is 0 Å². The van der Waals surface area contributed by atoms with Crippen molar-refractivity contribution in [1.82, 2.24) is 0 Å². The van der Waals surface area contributed by atoms with Crippen LogP contribution < -0.4 is 4.74 Å². The Balaban J connectivity index is 3.26. The molecule has 1 aromatic carbocycles. The molecule has 0 radical (unpaired) electrons. The van der Waals surface area contributed by atoms with Gasteiger partial charge in [-0.05, 0) is 17.7 Å². The fraction of sp³-hybridized carbons (Fsp3) is 0.357. The lowest BCUT2D eigenvalue weighted by Gasteiger charge is -2.19. The number of esters is 3. The second-order valence-electron chi connectivity index (χ2n) is 4.15. The van der Waals surface area contributed by atoms with Gasteiger partial charge in [0.05, 0.1) is 5.56 Å². The fourth-order valence-corrected chi connectivity index (χ4v) is 2.04. The number of carbonyl (C=O) groups is 3. The highest BCUT2D eigenvalue weighted by Crippen LogP contribution is 2.31. The Labute approximate surface area is 135 Å². The normalized spacial score (nSPS) is 10.1. The van der Waals surface area contributed by atoms with Gasteiger partial charge in [-0.2, -0.15) is 0 Å². The lowest BCUT2D eigenvalue weighted by atomic mass is 10.1. The minimum absolute atomic E-state index is 0.184. The van der Waals surface area contributed by atoms with E-state index in [-0.39, 0.29) is 5.75 Å². The summed E-state index contributed by atoms with van der Waals surface area (Å²) in [7, 11) is 0. The molecule has 0 unspecified atom stereocenters. The van der Waals surface area contributed by atoms with Crippen LogP contribution in [0.5, 0.6) is 5.75 Å². The summed E-state index contributed by atoms with van der Waals surface area (Å²) >= 11 is 2.16. The van der Waals surface area contributed by atoms with E-state index in [1.165, 1.54) is 20.8 Å². The Bertz CT molecular complexity index is 538. The van der Waals surface area contributed by atoms with Crippen molar-refractivity contribution in [3.63, 3.8) is 0 Å². The highest BCUT2D eigenvalue weighted by molar-refractivity contribution is 14.1. The summed E-state index contributed by atoms with van der Waals surface area (Å²) in [6, 6.07) is 5.01. The van der Waals surface area contributed by atoms with Crippen LogP contribution in [-0.4, -0.2) is 17.9 Å². The smallest absolute Gasteiger partial charge is 0.308 e. The van der Waals surface area contributed by atoms with Gasteiger partial charge in [0, 0.05) is 25.2 Å². The molecular weight excluding hydrogens is 391 g/mol. The molecule has 0 fully saturated rings. The number of rotatable bonds is 5. The quantitative estimate of drug-likeness (QED) is 0.246. The summed E-state index contributed by atoms with van der Waals surface area (Å²) in [5.74, 6) is -1.57. The number of halogens is 1. The SMILES string of the molecule is CC(=O)Oc1ccc(CI)cc1C(OC(C)=O)OC(C)=O. The number of benzene rings is 1. The van der Waals surface area contributed by atoms with Crippen LogP contribution in [0.1, 0.15) is 38.2 Å². The van der Waals surface area contributed by atoms with Crippen LogP contribution in [0.15, 0.2) is 18.2 Å². The molecule has 0 aliphatic rings. The Morgan fingerprint density at radius 1 is 1.05 bits per heavy atom. The maximum absolute atomic E-state index is 11.2. The predicted octanol–water partition coefficient (Wildman–Crippen LogP) is 2.67. The van der Waals surface area contributed by atoms with Crippen LogP contribution >= 0.6 is 22.6 Å². The second-order valence-corrected chi connectivity index (χ2v) is 4.91. The zero-order valence-corrected chi connectivity index (χ0v) is 14.0. The zero-order valence-electron chi connectivity index (χ0n) is 11.8. The molecule has 0 saturated carbocycles. The summed E-state index contributed by atoms with van der Waals surface area (Å²) in [5.41, 5.74) is 1.22. The van der Waals surface area contributed by atoms with E-state index in [9.17, 15) is 14.4 Å². The van der Waals surface area contributed by atoms with Gasteiger partial charge >= 0.3 is 17.9 Å². The van der Waals surface area contributed by atoms with Crippen molar-refractivity contribution < 1.29 is 28.6 Å². The number of ether oxygens (including phenoxy) is 3. The fourth-order valence-electron chi connectivity index (χ4n) is 1.57. The molecule has 0 heterocycles. The molecule has 6 nitrogen and oxygen atoms in total. The van der Waals surface area contributed by atoms with Crippen molar-refractivity contribution in [3.8, 4) is 5.75 Å². The van der Waals surface area contributed by atoms with Crippen molar-refractivity contribution in [3.05, 3.63) is 29.3 Å². The molecule has 0 aliphatic heterocycles. The van der Waals surface area contributed by atoms with Crippen LogP contribution in [0, 0.1) is 0 Å². The van der Waals surface area contributed by atoms with Crippen LogP contribution in [-0.2, 0) is 28.3 Å². The molecule has 0 saturated heterocycles. The Kier molecular flexibility index (Phi) is 6.60. The molecule has 0 N–H and O–H groups in total. The van der Waals surface area contributed by atoms with E-state index < -0.39 is 24.2 Å². The van der Waals surface area contributed by atoms with E-state index in [1.54, 1.807) is 18.2 Å². The maximum Gasteiger partial charge on any atom is 0.308 e. The second kappa shape index (κ2) is 7.96. The molecule has 21 heavy (non-hydrogen) atoms. The largest absolute Gasteiger partial charge is 0.426 e. The predicted molar refractivity (Wildman–Crippen MR) is 81.7 cm³/mol. The highest BCUT2D eigenvalue weighted by atomic mass is 127. The van der Waals surface area contributed by atoms with Crippen LogP contribution in [0.25, 0.3) is 0 Å². The average Bonchev–Trinajstić information content (AvgIpc) is 2.36. The lowest BCUT2D eigenvalue weighted by Crippen LogP contribution is -2.17. The van der Waals surface area contributed by atoms with Crippen molar-refractivity contribution in [2.75, 3.05) is 0 Å². The Morgan fingerprint density at radius 3 is 2.05 bits per heavy atom. The van der Waals surface area contributed by atoms with E-state index in [4.69, 9.17) is 14.2 Å². The first kappa shape index (κ1) is 17.4. The molecule has 0 atom stereocenters. The molecule has 1 rings (SSSR count). The number of hydrogen-bond acceptors (Lipinski definition) is 6. The molecule has 0 spiro atoms. The van der Waals surface area contributed by atoms with Crippen molar-refractivity contribution in [1.29, 1.82) is 0 Å². The topological polar surface area (TPSA) is 78.9 Å². The molecule has 7 heteroatoms. The van der Waals surface area contributed by atoms with E-state index in [0.717, 1.165) is 5.56 Å². The summed E-state index contributed by atoms with van der Waals surface area (Å²) in [5, 5.41) is 0. The summed E-state index contributed by atoms with van der Waals surface area (Å²) in [6.07, 6.45) is -1.25. The minimum Gasteiger partial charge on any atom is -0.426 e. The standard InChI is InChI=1S/C14H15IO6/c1-8(16)19-13-5-4-11(7-15)6-12(13)14(20-9(2)17)21-10(3)18/h4-6,14H,7H2,1-3H3. The lowest BCUT2D eigenvalue weighted by molar-refractivity contribution is -0.186. The summed E-state index contributed by atoms with van der Waals surface area (Å²) in [4.78, 5) is 33.5. The van der Waals surface area contributed by atoms with E-state index in [2.05, 4.69) is 22.6 Å². The van der Waals surface area contributed by atoms with Gasteiger partial charge in [-0.3, -0.25) is 14.4 Å². The Morgan fingerprint density at radius 2 is 1.62 bits per heavy atom. The van der Waals surface area contributed by atoms with E-state index in [0.29, 0.717) is 9.99 Å². The molecule has 0 aromatic heterocycles. The van der Waals surface area contributed by atoms with E-state index >= 15 is 0 Å². The van der Waals surface area contributed by atoms with Crippen LogP contribution in [0.4, 0.5) is 0 Å². The number of alkyl halides is 1. The first-order valence-electron chi connectivity index (χ1n) is 6.05. The maximum atomic E-state index is 11.2. The van der Waals surface area contributed by atoms with Gasteiger partial charge in [0.2, 0.25) is 0 Å². The first-order chi connectivity index (χ1) is 9.83. The van der Waals surface area contributed by atoms with Gasteiger partial charge < -0.3 is 14.2 Å². The van der Waals surface area contributed by atoms with Gasteiger partial charge in [0.1, 0.15) is 5.75 Å². The van der Waals surface area contributed by atoms with Gasteiger partial charge in [0.25, 0.3) is 6.29 Å². The molecular formula is C14H15IO6. The Hall–Kier alpha value is -1.64. The van der Waals surface area contributed by atoms with Crippen molar-refractivity contribution in [2.45, 2.75) is 31.5 Å². The highest BCUT2D eigenvalue weighted by Gasteiger charge is 2.23. The molecule has 114 valence electrons. The number of carbonyl (C=O) groups excluding carboxylic acids is 3. The monoisotopic (exact) mass is 406 g/mol. The summed E-state index contributed by atoms with van der Waals surface area (Å²) < 4.78 is 15.7. The molecule has 0 aliphatic carbocycles.